The molecule has 32 heavy (non-hydrogen) atoms. The van der Waals surface area contributed by atoms with Crippen LogP contribution in [0.3, 0.4) is 0 Å². The number of hydrogen-bond acceptors (Lipinski definition) is 7. The van der Waals surface area contributed by atoms with E-state index in [1.807, 2.05) is 0 Å². The van der Waals surface area contributed by atoms with E-state index in [0.717, 1.165) is 42.9 Å². The Morgan fingerprint density at radius 2 is 2.00 bits per heavy atom. The number of nitrogens with zero attached hydrogens (tertiary/aromatic N) is 2. The van der Waals surface area contributed by atoms with E-state index >= 15 is 0 Å². The number of amides is 1. The first-order chi connectivity index (χ1) is 15.5. The van der Waals surface area contributed by atoms with Gasteiger partial charge >= 0.3 is 0 Å². The summed E-state index contributed by atoms with van der Waals surface area (Å²) in [5, 5.41) is 26.6. The zero-order valence-electron chi connectivity index (χ0n) is 18.8. The number of aliphatic imine (C=N–C) groups is 1. The van der Waals surface area contributed by atoms with Crippen LogP contribution >= 0.6 is 0 Å². The van der Waals surface area contributed by atoms with Crippen LogP contribution in [0.15, 0.2) is 17.4 Å². The summed E-state index contributed by atoms with van der Waals surface area (Å²) in [4.78, 5) is 17.5. The minimum atomic E-state index is -0.392. The molecule has 0 saturated heterocycles. The number of guanidine groups is 1. The molecule has 2 heterocycles. The van der Waals surface area contributed by atoms with E-state index in [-0.39, 0.29) is 22.7 Å². The molecule has 4 aliphatic carbocycles. The number of nitrogens with one attached hydrogen (secondary N) is 4. The molecule has 0 spiro atoms. The highest BCUT2D eigenvalue weighted by Crippen LogP contribution is 2.64. The van der Waals surface area contributed by atoms with Gasteiger partial charge in [0.25, 0.3) is 0 Å². The maximum atomic E-state index is 13.1. The SMILES string of the molecule is NCCC(C(=O)NCC12CC3CC(C1)CC(CNC1=NCC(O)CN1)(C3)C2)c1cn[nH]c1. The summed E-state index contributed by atoms with van der Waals surface area (Å²) in [5.74, 6) is 2.16. The van der Waals surface area contributed by atoms with Gasteiger partial charge in [0.1, 0.15) is 0 Å². The third-order valence-electron chi connectivity index (χ3n) is 8.23. The molecule has 7 N–H and O–H groups in total. The number of aromatic amines is 1. The Bertz CT molecular complexity index is 825. The lowest BCUT2D eigenvalue weighted by atomic mass is 9.44. The number of β-amino-alcohol motifs (C(OH)–C–C–N with tert-alkyl or cyclic N) is 1. The first-order valence-electron chi connectivity index (χ1n) is 12.1. The molecule has 176 valence electrons. The predicted molar refractivity (Wildman–Crippen MR) is 122 cm³/mol. The van der Waals surface area contributed by atoms with E-state index in [1.54, 1.807) is 12.4 Å². The van der Waals surface area contributed by atoms with Crippen LogP contribution in [0, 0.1) is 22.7 Å². The Hall–Kier alpha value is -2.13. The maximum Gasteiger partial charge on any atom is 0.227 e. The average Bonchev–Trinajstić information content (AvgIpc) is 3.29. The van der Waals surface area contributed by atoms with Crippen LogP contribution < -0.4 is 21.7 Å². The maximum absolute atomic E-state index is 13.1. The van der Waals surface area contributed by atoms with E-state index in [9.17, 15) is 9.90 Å². The van der Waals surface area contributed by atoms with Crippen LogP contribution in [0.5, 0.6) is 0 Å². The smallest absolute Gasteiger partial charge is 0.227 e. The molecule has 1 aromatic heterocycles. The average molecular weight is 444 g/mol. The van der Waals surface area contributed by atoms with Crippen molar-refractivity contribution < 1.29 is 9.90 Å². The van der Waals surface area contributed by atoms with E-state index in [1.165, 1.54) is 32.1 Å². The third kappa shape index (κ3) is 4.37. The molecule has 1 aromatic rings. The second-order valence-corrected chi connectivity index (χ2v) is 10.9. The van der Waals surface area contributed by atoms with Crippen molar-refractivity contribution in [3.63, 3.8) is 0 Å². The molecule has 4 unspecified atom stereocenters. The molecule has 1 aliphatic heterocycles. The molecule has 1 amide bonds. The molecule has 4 saturated carbocycles. The normalized spacial score (nSPS) is 36.3. The molecule has 6 rings (SSSR count). The first-order valence-corrected chi connectivity index (χ1v) is 12.1. The molecule has 9 nitrogen and oxygen atoms in total. The molecule has 4 fully saturated rings. The molecule has 9 heteroatoms. The fraction of sp³-hybridized carbons (Fsp3) is 0.783. The quantitative estimate of drug-likeness (QED) is 0.345. The van der Waals surface area contributed by atoms with Crippen molar-refractivity contribution in [3.05, 3.63) is 18.0 Å². The van der Waals surface area contributed by atoms with Crippen LogP contribution in [0.4, 0.5) is 0 Å². The van der Waals surface area contributed by atoms with Gasteiger partial charge in [-0.1, -0.05) is 0 Å². The summed E-state index contributed by atoms with van der Waals surface area (Å²) in [6, 6.07) is 0. The Morgan fingerprint density at radius 3 is 2.62 bits per heavy atom. The van der Waals surface area contributed by atoms with Gasteiger partial charge in [-0.3, -0.25) is 14.9 Å². The van der Waals surface area contributed by atoms with Crippen molar-refractivity contribution in [3.8, 4) is 0 Å². The molecule has 4 atom stereocenters. The zero-order valence-corrected chi connectivity index (χ0v) is 18.8. The van der Waals surface area contributed by atoms with Gasteiger partial charge in [0.2, 0.25) is 5.91 Å². The van der Waals surface area contributed by atoms with Crippen LogP contribution in [0.2, 0.25) is 0 Å². The Labute approximate surface area is 189 Å². The van der Waals surface area contributed by atoms with E-state index in [4.69, 9.17) is 5.73 Å². The van der Waals surface area contributed by atoms with Crippen LogP contribution in [-0.2, 0) is 4.79 Å². The standard InChI is InChI=1S/C23H37N7O2/c24-2-1-19(17-8-29-30-9-17)20(32)27-13-22-4-15-3-16(5-22)7-23(6-15,12-22)14-28-21-25-10-18(31)11-26-21/h8-9,15-16,18-19,31H,1-7,10-14,24H2,(H,27,32)(H,29,30)(H2,25,26,28). The third-order valence-corrected chi connectivity index (χ3v) is 8.23. The molecular weight excluding hydrogens is 406 g/mol. The van der Waals surface area contributed by atoms with Crippen molar-refractivity contribution in [2.45, 2.75) is 57.0 Å². The number of hydrogen-bond donors (Lipinski definition) is 6. The lowest BCUT2D eigenvalue weighted by Crippen LogP contribution is -2.59. The fourth-order valence-electron chi connectivity index (χ4n) is 7.45. The topological polar surface area (TPSA) is 140 Å². The van der Waals surface area contributed by atoms with E-state index < -0.39 is 6.10 Å². The lowest BCUT2D eigenvalue weighted by Gasteiger charge is -2.62. The van der Waals surface area contributed by atoms with Crippen molar-refractivity contribution >= 4 is 11.9 Å². The van der Waals surface area contributed by atoms with Crippen LogP contribution in [0.1, 0.15) is 56.4 Å². The first kappa shape index (κ1) is 21.7. The highest BCUT2D eigenvalue weighted by Gasteiger charge is 2.57. The monoisotopic (exact) mass is 443 g/mol. The van der Waals surface area contributed by atoms with Gasteiger partial charge in [-0.15, -0.1) is 0 Å². The molecule has 5 aliphatic rings. The molecule has 0 aromatic carbocycles. The van der Waals surface area contributed by atoms with Gasteiger partial charge in [0.15, 0.2) is 5.96 Å². The number of nitrogens with two attached hydrogens (primary N) is 1. The van der Waals surface area contributed by atoms with Crippen LogP contribution in [-0.4, -0.2) is 66.0 Å². The van der Waals surface area contributed by atoms with Gasteiger partial charge in [0.05, 0.1) is 24.8 Å². The van der Waals surface area contributed by atoms with Gasteiger partial charge in [-0.05, 0) is 74.2 Å². The fourth-order valence-corrected chi connectivity index (χ4v) is 7.45. The number of rotatable bonds is 8. The largest absolute Gasteiger partial charge is 0.389 e. The van der Waals surface area contributed by atoms with Gasteiger partial charge in [0, 0.05) is 31.4 Å². The van der Waals surface area contributed by atoms with E-state index in [2.05, 4.69) is 31.1 Å². The van der Waals surface area contributed by atoms with E-state index in [0.29, 0.717) is 26.1 Å². The van der Waals surface area contributed by atoms with Gasteiger partial charge < -0.3 is 26.8 Å². The van der Waals surface area contributed by atoms with Crippen molar-refractivity contribution in [2.24, 2.45) is 33.4 Å². The Kier molecular flexibility index (Phi) is 5.88. The van der Waals surface area contributed by atoms with Gasteiger partial charge in [-0.25, -0.2) is 0 Å². The van der Waals surface area contributed by atoms with Gasteiger partial charge in [-0.2, -0.15) is 5.10 Å². The lowest BCUT2D eigenvalue weighted by molar-refractivity contribution is -0.128. The number of aliphatic hydroxyl groups excluding tert-OH is 1. The summed E-state index contributed by atoms with van der Waals surface area (Å²) >= 11 is 0. The highest BCUT2D eigenvalue weighted by atomic mass is 16.3. The van der Waals surface area contributed by atoms with Crippen molar-refractivity contribution in [1.82, 2.24) is 26.1 Å². The Morgan fingerprint density at radius 1 is 1.25 bits per heavy atom. The predicted octanol–water partition coefficient (Wildman–Crippen LogP) is 0.455. The molecule has 0 radical (unpaired) electrons. The summed E-state index contributed by atoms with van der Waals surface area (Å²) in [6.07, 6.45) is 11.3. The summed E-state index contributed by atoms with van der Waals surface area (Å²) < 4.78 is 0. The zero-order chi connectivity index (χ0) is 22.2. The number of carbonyl (C=O) groups excluding carboxylic acids is 1. The second kappa shape index (κ2) is 8.67. The minimum absolute atomic E-state index is 0.0686. The van der Waals surface area contributed by atoms with Crippen molar-refractivity contribution in [1.29, 1.82) is 0 Å². The molecular formula is C23H37N7O2. The number of aromatic nitrogens is 2. The number of carbonyl (C=O) groups is 1. The number of aliphatic hydroxyl groups is 1. The Balaban J connectivity index is 1.24. The summed E-state index contributed by atoms with van der Waals surface area (Å²) in [6.45, 7) is 3.17. The summed E-state index contributed by atoms with van der Waals surface area (Å²) in [5.41, 5.74) is 7.17. The van der Waals surface area contributed by atoms with Crippen LogP contribution in [0.25, 0.3) is 0 Å². The minimum Gasteiger partial charge on any atom is -0.389 e. The molecule has 4 bridgehead atoms. The number of H-pyrrole nitrogens is 1. The van der Waals surface area contributed by atoms with Crippen molar-refractivity contribution in [2.75, 3.05) is 32.7 Å². The highest BCUT2D eigenvalue weighted by molar-refractivity contribution is 5.83. The second-order valence-electron chi connectivity index (χ2n) is 10.9. The summed E-state index contributed by atoms with van der Waals surface area (Å²) in [7, 11) is 0.